The Kier molecular flexibility index (Phi) is 6.47. The van der Waals surface area contributed by atoms with Crippen molar-refractivity contribution in [3.63, 3.8) is 0 Å². The van der Waals surface area contributed by atoms with Gasteiger partial charge >= 0.3 is 0 Å². The van der Waals surface area contributed by atoms with Crippen molar-refractivity contribution in [1.29, 1.82) is 0 Å². The normalized spacial score (nSPS) is 11.6. The molecule has 0 radical (unpaired) electrons. The molecule has 0 saturated carbocycles. The number of nitrogens with zero attached hydrogens (tertiary/aromatic N) is 3. The Labute approximate surface area is 188 Å². The Morgan fingerprint density at radius 1 is 0.875 bits per heavy atom. The summed E-state index contributed by atoms with van der Waals surface area (Å²) in [6.45, 7) is 4.60. The molecule has 0 atom stereocenters. The molecule has 0 fully saturated rings. The SMILES string of the molecule is CC(C)(N)Cn1nc(-c2ccc(F)cc2)c(-c2ccncc2)c1CCCc1ccccc1. The van der Waals surface area contributed by atoms with Crippen LogP contribution in [-0.4, -0.2) is 20.3 Å². The van der Waals surface area contributed by atoms with Gasteiger partial charge in [0, 0.05) is 34.8 Å². The molecule has 4 rings (SSSR count). The highest BCUT2D eigenvalue weighted by atomic mass is 19.1. The maximum atomic E-state index is 13.6. The predicted octanol–water partition coefficient (Wildman–Crippen LogP) is 5.66. The third kappa shape index (κ3) is 5.29. The van der Waals surface area contributed by atoms with Crippen molar-refractivity contribution in [1.82, 2.24) is 14.8 Å². The lowest BCUT2D eigenvalue weighted by Gasteiger charge is -2.20. The molecule has 2 heterocycles. The van der Waals surface area contributed by atoms with Crippen LogP contribution >= 0.6 is 0 Å². The maximum Gasteiger partial charge on any atom is 0.123 e. The average Bonchev–Trinajstić information content (AvgIpc) is 3.12. The van der Waals surface area contributed by atoms with Gasteiger partial charge < -0.3 is 5.73 Å². The number of benzene rings is 2. The highest BCUT2D eigenvalue weighted by Gasteiger charge is 2.23. The van der Waals surface area contributed by atoms with Crippen molar-refractivity contribution in [2.24, 2.45) is 5.73 Å². The predicted molar refractivity (Wildman–Crippen MR) is 128 cm³/mol. The first-order chi connectivity index (χ1) is 15.4. The Balaban J connectivity index is 1.79. The van der Waals surface area contributed by atoms with Gasteiger partial charge in [-0.15, -0.1) is 0 Å². The minimum absolute atomic E-state index is 0.259. The summed E-state index contributed by atoms with van der Waals surface area (Å²) in [6.07, 6.45) is 6.42. The van der Waals surface area contributed by atoms with Crippen LogP contribution in [0.15, 0.2) is 79.1 Å². The first-order valence-electron chi connectivity index (χ1n) is 11.0. The molecule has 0 spiro atoms. The van der Waals surface area contributed by atoms with Gasteiger partial charge in [0.25, 0.3) is 0 Å². The summed E-state index contributed by atoms with van der Waals surface area (Å²) in [6, 6.07) is 21.0. The van der Waals surface area contributed by atoms with Crippen LogP contribution in [0.1, 0.15) is 31.5 Å². The molecular formula is C27H29FN4. The van der Waals surface area contributed by atoms with Crippen LogP contribution in [0.3, 0.4) is 0 Å². The van der Waals surface area contributed by atoms with Crippen molar-refractivity contribution in [2.45, 2.75) is 45.2 Å². The topological polar surface area (TPSA) is 56.7 Å². The number of aryl methyl sites for hydroxylation is 1. The van der Waals surface area contributed by atoms with Crippen LogP contribution in [-0.2, 0) is 19.4 Å². The van der Waals surface area contributed by atoms with E-state index in [9.17, 15) is 4.39 Å². The smallest absolute Gasteiger partial charge is 0.123 e. The second-order valence-electron chi connectivity index (χ2n) is 8.90. The molecule has 0 amide bonds. The van der Waals surface area contributed by atoms with Crippen molar-refractivity contribution in [3.8, 4) is 22.4 Å². The zero-order valence-electron chi connectivity index (χ0n) is 18.6. The maximum absolute atomic E-state index is 13.6. The second kappa shape index (κ2) is 9.45. The summed E-state index contributed by atoms with van der Waals surface area (Å²) in [4.78, 5) is 4.19. The first-order valence-corrected chi connectivity index (χ1v) is 11.0. The van der Waals surface area contributed by atoms with Gasteiger partial charge in [-0.3, -0.25) is 9.67 Å². The fourth-order valence-electron chi connectivity index (χ4n) is 4.00. The molecule has 2 aromatic heterocycles. The van der Waals surface area contributed by atoms with Crippen molar-refractivity contribution in [2.75, 3.05) is 0 Å². The van der Waals surface area contributed by atoms with Crippen LogP contribution in [0.4, 0.5) is 4.39 Å². The Hall–Kier alpha value is -3.31. The van der Waals surface area contributed by atoms with Gasteiger partial charge in [0.1, 0.15) is 11.5 Å². The van der Waals surface area contributed by atoms with Gasteiger partial charge in [-0.25, -0.2) is 4.39 Å². The molecule has 2 N–H and O–H groups in total. The van der Waals surface area contributed by atoms with Gasteiger partial charge in [0.2, 0.25) is 0 Å². The monoisotopic (exact) mass is 428 g/mol. The van der Waals surface area contributed by atoms with E-state index >= 15 is 0 Å². The first kappa shape index (κ1) is 21.9. The standard InChI is InChI=1S/C27H29FN4/c1-27(2,29)19-32-24(10-6-9-20-7-4-3-5-8-20)25(21-15-17-30-18-16-21)26(31-32)22-11-13-23(28)14-12-22/h3-5,7-8,11-18H,6,9-10,19,29H2,1-2H3. The highest BCUT2D eigenvalue weighted by Crippen LogP contribution is 2.36. The molecule has 0 aliphatic rings. The number of nitrogens with two attached hydrogens (primary N) is 1. The summed E-state index contributed by atoms with van der Waals surface area (Å²) in [5, 5.41) is 4.99. The van der Waals surface area contributed by atoms with Gasteiger partial charge in [0.05, 0.1) is 6.54 Å². The van der Waals surface area contributed by atoms with Gasteiger partial charge in [-0.1, -0.05) is 30.3 Å². The number of pyridine rings is 1. The minimum atomic E-state index is -0.421. The fraction of sp³-hybridized carbons (Fsp3) is 0.259. The molecule has 32 heavy (non-hydrogen) atoms. The third-order valence-corrected chi connectivity index (χ3v) is 5.42. The molecule has 2 aromatic carbocycles. The summed E-state index contributed by atoms with van der Waals surface area (Å²) in [5.74, 6) is -0.259. The second-order valence-corrected chi connectivity index (χ2v) is 8.90. The number of halogens is 1. The number of rotatable bonds is 8. The molecular weight excluding hydrogens is 399 g/mol. The van der Waals surface area contributed by atoms with Crippen LogP contribution in [0, 0.1) is 5.82 Å². The zero-order chi connectivity index (χ0) is 22.6. The zero-order valence-corrected chi connectivity index (χ0v) is 18.6. The van der Waals surface area contributed by atoms with E-state index in [-0.39, 0.29) is 5.82 Å². The van der Waals surface area contributed by atoms with Crippen LogP contribution < -0.4 is 5.73 Å². The van der Waals surface area contributed by atoms with Gasteiger partial charge in [0.15, 0.2) is 0 Å². The van der Waals surface area contributed by atoms with Crippen LogP contribution in [0.25, 0.3) is 22.4 Å². The Morgan fingerprint density at radius 2 is 1.56 bits per heavy atom. The minimum Gasteiger partial charge on any atom is -0.324 e. The largest absolute Gasteiger partial charge is 0.324 e. The van der Waals surface area contributed by atoms with E-state index in [1.807, 2.05) is 36.7 Å². The lowest BCUT2D eigenvalue weighted by molar-refractivity contribution is 0.399. The van der Waals surface area contributed by atoms with E-state index in [2.05, 4.69) is 29.2 Å². The van der Waals surface area contributed by atoms with E-state index in [4.69, 9.17) is 10.8 Å². The third-order valence-electron chi connectivity index (χ3n) is 5.42. The summed E-state index contributed by atoms with van der Waals surface area (Å²) >= 11 is 0. The molecule has 5 heteroatoms. The van der Waals surface area contributed by atoms with Crippen LogP contribution in [0.2, 0.25) is 0 Å². The summed E-state index contributed by atoms with van der Waals surface area (Å²) < 4.78 is 15.7. The molecule has 0 unspecified atom stereocenters. The average molecular weight is 429 g/mol. The number of hydrogen-bond acceptors (Lipinski definition) is 3. The Bertz CT molecular complexity index is 1140. The fourth-order valence-corrected chi connectivity index (χ4v) is 4.00. The van der Waals surface area contributed by atoms with E-state index < -0.39 is 5.54 Å². The van der Waals surface area contributed by atoms with Crippen molar-refractivity contribution >= 4 is 0 Å². The quantitative estimate of drug-likeness (QED) is 0.394. The highest BCUT2D eigenvalue weighted by molar-refractivity contribution is 5.82. The van der Waals surface area contributed by atoms with Crippen molar-refractivity contribution < 1.29 is 4.39 Å². The van der Waals surface area contributed by atoms with Gasteiger partial charge in [-0.05, 0) is 80.6 Å². The molecule has 0 aliphatic heterocycles. The molecule has 0 bridgehead atoms. The van der Waals surface area contributed by atoms with E-state index in [0.29, 0.717) is 6.54 Å². The Morgan fingerprint density at radius 3 is 2.22 bits per heavy atom. The number of hydrogen-bond donors (Lipinski definition) is 1. The van der Waals surface area contributed by atoms with Crippen LogP contribution in [0.5, 0.6) is 0 Å². The lowest BCUT2D eigenvalue weighted by atomic mass is 9.96. The molecule has 0 saturated heterocycles. The van der Waals surface area contributed by atoms with E-state index in [1.165, 1.54) is 17.7 Å². The van der Waals surface area contributed by atoms with E-state index in [1.54, 1.807) is 24.5 Å². The molecule has 4 aromatic rings. The summed E-state index contributed by atoms with van der Waals surface area (Å²) in [5.41, 5.74) is 12.3. The summed E-state index contributed by atoms with van der Waals surface area (Å²) in [7, 11) is 0. The molecule has 4 nitrogen and oxygen atoms in total. The van der Waals surface area contributed by atoms with Gasteiger partial charge in [-0.2, -0.15) is 5.10 Å². The van der Waals surface area contributed by atoms with E-state index in [0.717, 1.165) is 47.3 Å². The molecule has 0 aliphatic carbocycles. The van der Waals surface area contributed by atoms with Crippen molar-refractivity contribution in [3.05, 3.63) is 96.2 Å². The molecule has 164 valence electrons. The number of aromatic nitrogens is 3. The lowest BCUT2D eigenvalue weighted by Crippen LogP contribution is -2.38.